The van der Waals surface area contributed by atoms with Crippen LogP contribution in [0.2, 0.25) is 5.02 Å². The summed E-state index contributed by atoms with van der Waals surface area (Å²) in [6.07, 6.45) is 1.28. The van der Waals surface area contributed by atoms with Crippen LogP contribution in [-0.4, -0.2) is 38.9 Å². The van der Waals surface area contributed by atoms with E-state index in [0.717, 1.165) is 17.0 Å². The Bertz CT molecular complexity index is 755. The molecule has 0 aromatic heterocycles. The molecule has 5 nitrogen and oxygen atoms in total. The molecular formula is C22H26ClNO4. The highest BCUT2D eigenvalue weighted by Gasteiger charge is 2.41. The van der Waals surface area contributed by atoms with Crippen LogP contribution in [0.3, 0.4) is 0 Å². The second-order valence-electron chi connectivity index (χ2n) is 6.73. The van der Waals surface area contributed by atoms with Crippen LogP contribution in [0, 0.1) is 0 Å². The molecule has 1 aliphatic rings. The van der Waals surface area contributed by atoms with E-state index in [-0.39, 0.29) is 5.91 Å². The van der Waals surface area contributed by atoms with Crippen molar-refractivity contribution >= 4 is 23.2 Å². The highest BCUT2D eigenvalue weighted by molar-refractivity contribution is 6.30. The third-order valence-corrected chi connectivity index (χ3v) is 5.24. The molecule has 1 heterocycles. The number of ether oxygens (including phenoxy) is 3. The van der Waals surface area contributed by atoms with Crippen molar-refractivity contribution in [3.8, 4) is 5.75 Å². The number of carbonyl (C=O) groups is 1. The van der Waals surface area contributed by atoms with Crippen LogP contribution in [0.5, 0.6) is 5.75 Å². The quantitative estimate of drug-likeness (QED) is 0.662. The van der Waals surface area contributed by atoms with Crippen LogP contribution >= 0.6 is 11.6 Å². The van der Waals surface area contributed by atoms with Crippen molar-refractivity contribution in [3.05, 3.63) is 59.1 Å². The number of hydrogen-bond acceptors (Lipinski definition) is 4. The zero-order chi connectivity index (χ0) is 19.8. The molecule has 6 heteroatoms. The number of benzene rings is 2. The summed E-state index contributed by atoms with van der Waals surface area (Å²) >= 11 is 6.03. The van der Waals surface area contributed by atoms with Crippen molar-refractivity contribution in [3.63, 3.8) is 0 Å². The first kappa shape index (κ1) is 20.6. The third kappa shape index (κ3) is 5.04. The molecule has 1 amide bonds. The minimum absolute atomic E-state index is 0.0249. The molecule has 150 valence electrons. The smallest absolute Gasteiger partial charge is 0.235 e. The normalized spacial score (nSPS) is 15.8. The summed E-state index contributed by atoms with van der Waals surface area (Å²) < 4.78 is 16.4. The highest BCUT2D eigenvalue weighted by atomic mass is 35.5. The van der Waals surface area contributed by atoms with Gasteiger partial charge in [0.05, 0.1) is 12.0 Å². The average molecular weight is 404 g/mol. The third-order valence-electron chi connectivity index (χ3n) is 4.99. The van der Waals surface area contributed by atoms with E-state index in [9.17, 15) is 4.79 Å². The SMILES string of the molecule is CCOCCOc1ccc(NC(=O)C2(c3ccc(Cl)cc3)CCOCC2)cc1. The van der Waals surface area contributed by atoms with E-state index in [0.29, 0.717) is 50.9 Å². The zero-order valence-electron chi connectivity index (χ0n) is 16.1. The van der Waals surface area contributed by atoms with Crippen molar-refractivity contribution in [1.82, 2.24) is 0 Å². The van der Waals surface area contributed by atoms with Gasteiger partial charge in [0.2, 0.25) is 5.91 Å². The number of hydrogen-bond donors (Lipinski definition) is 1. The van der Waals surface area contributed by atoms with Crippen LogP contribution in [0.1, 0.15) is 25.3 Å². The van der Waals surface area contributed by atoms with E-state index >= 15 is 0 Å². The van der Waals surface area contributed by atoms with Crippen molar-refractivity contribution in [2.75, 3.05) is 38.4 Å². The minimum Gasteiger partial charge on any atom is -0.491 e. The van der Waals surface area contributed by atoms with Crippen molar-refractivity contribution in [1.29, 1.82) is 0 Å². The van der Waals surface area contributed by atoms with Crippen LogP contribution in [0.15, 0.2) is 48.5 Å². The first-order valence-corrected chi connectivity index (χ1v) is 9.98. The lowest BCUT2D eigenvalue weighted by Gasteiger charge is -2.36. The van der Waals surface area contributed by atoms with E-state index < -0.39 is 5.41 Å². The van der Waals surface area contributed by atoms with Crippen LogP contribution in [0.25, 0.3) is 0 Å². The van der Waals surface area contributed by atoms with Gasteiger partial charge in [0.1, 0.15) is 12.4 Å². The van der Waals surface area contributed by atoms with Gasteiger partial charge in [0, 0.05) is 30.5 Å². The van der Waals surface area contributed by atoms with Gasteiger partial charge in [0.15, 0.2) is 0 Å². The molecule has 0 spiro atoms. The van der Waals surface area contributed by atoms with Gasteiger partial charge in [-0.05, 0) is 61.7 Å². The first-order valence-electron chi connectivity index (χ1n) is 9.60. The molecule has 28 heavy (non-hydrogen) atoms. The number of rotatable bonds is 8. The first-order chi connectivity index (χ1) is 13.6. The van der Waals surface area contributed by atoms with Gasteiger partial charge >= 0.3 is 0 Å². The Morgan fingerprint density at radius 1 is 1.07 bits per heavy atom. The van der Waals surface area contributed by atoms with E-state index in [1.54, 1.807) is 0 Å². The molecule has 0 unspecified atom stereocenters. The van der Waals surface area contributed by atoms with E-state index in [2.05, 4.69) is 5.32 Å². The molecule has 1 aliphatic heterocycles. The van der Waals surface area contributed by atoms with Gasteiger partial charge in [-0.2, -0.15) is 0 Å². The monoisotopic (exact) mass is 403 g/mol. The molecule has 3 rings (SSSR count). The second-order valence-corrected chi connectivity index (χ2v) is 7.16. The predicted molar refractivity (Wildman–Crippen MR) is 110 cm³/mol. The standard InChI is InChI=1S/C22H26ClNO4/c1-2-26-15-16-28-20-9-7-19(8-10-20)24-21(25)22(11-13-27-14-12-22)17-3-5-18(23)6-4-17/h3-10H,2,11-16H2,1H3,(H,24,25). The van der Waals surface area contributed by atoms with Gasteiger partial charge in [-0.1, -0.05) is 23.7 Å². The summed E-state index contributed by atoms with van der Waals surface area (Å²) in [6, 6.07) is 14.9. The Kier molecular flexibility index (Phi) is 7.31. The lowest BCUT2D eigenvalue weighted by molar-refractivity contribution is -0.125. The Morgan fingerprint density at radius 3 is 2.39 bits per heavy atom. The molecule has 0 atom stereocenters. The maximum absolute atomic E-state index is 13.3. The average Bonchev–Trinajstić information content (AvgIpc) is 2.73. The topological polar surface area (TPSA) is 56.8 Å². The van der Waals surface area contributed by atoms with Crippen LogP contribution in [0.4, 0.5) is 5.69 Å². The molecule has 2 aromatic rings. The number of nitrogens with one attached hydrogen (secondary N) is 1. The van der Waals surface area contributed by atoms with Gasteiger partial charge < -0.3 is 19.5 Å². The lowest BCUT2D eigenvalue weighted by Crippen LogP contribution is -2.44. The van der Waals surface area contributed by atoms with E-state index in [4.69, 9.17) is 25.8 Å². The van der Waals surface area contributed by atoms with Crippen molar-refractivity contribution in [2.24, 2.45) is 0 Å². The van der Waals surface area contributed by atoms with Crippen LogP contribution in [-0.2, 0) is 19.7 Å². The highest BCUT2D eigenvalue weighted by Crippen LogP contribution is 2.36. The minimum atomic E-state index is -0.616. The summed E-state index contributed by atoms with van der Waals surface area (Å²) in [6.45, 7) is 4.80. The van der Waals surface area contributed by atoms with Gasteiger partial charge in [-0.3, -0.25) is 4.79 Å². The van der Waals surface area contributed by atoms with Crippen molar-refractivity contribution < 1.29 is 19.0 Å². The second kappa shape index (κ2) is 9.92. The van der Waals surface area contributed by atoms with Crippen molar-refractivity contribution in [2.45, 2.75) is 25.2 Å². The number of amides is 1. The molecule has 1 fully saturated rings. The Labute approximate surface area is 170 Å². The maximum Gasteiger partial charge on any atom is 0.235 e. The molecule has 1 saturated heterocycles. The lowest BCUT2D eigenvalue weighted by atomic mass is 9.73. The Hall–Kier alpha value is -2.08. The fraction of sp³-hybridized carbons (Fsp3) is 0.409. The predicted octanol–water partition coefficient (Wildman–Crippen LogP) is 4.44. The van der Waals surface area contributed by atoms with Gasteiger partial charge in [0.25, 0.3) is 0 Å². The summed E-state index contributed by atoms with van der Waals surface area (Å²) in [5.74, 6) is 0.722. The van der Waals surface area contributed by atoms with E-state index in [1.807, 2.05) is 55.5 Å². The maximum atomic E-state index is 13.3. The molecular weight excluding hydrogens is 378 g/mol. The van der Waals surface area contributed by atoms with Gasteiger partial charge in [-0.25, -0.2) is 0 Å². The Balaban J connectivity index is 1.69. The number of anilines is 1. The molecule has 0 radical (unpaired) electrons. The van der Waals surface area contributed by atoms with Crippen LogP contribution < -0.4 is 10.1 Å². The largest absolute Gasteiger partial charge is 0.491 e. The summed E-state index contributed by atoms with van der Waals surface area (Å²) in [4.78, 5) is 13.3. The summed E-state index contributed by atoms with van der Waals surface area (Å²) in [5.41, 5.74) is 1.09. The fourth-order valence-corrected chi connectivity index (χ4v) is 3.51. The summed E-state index contributed by atoms with van der Waals surface area (Å²) in [7, 11) is 0. The molecule has 0 bridgehead atoms. The number of halogens is 1. The molecule has 1 N–H and O–H groups in total. The van der Waals surface area contributed by atoms with Gasteiger partial charge in [-0.15, -0.1) is 0 Å². The molecule has 0 saturated carbocycles. The number of carbonyl (C=O) groups excluding carboxylic acids is 1. The fourth-order valence-electron chi connectivity index (χ4n) is 3.38. The van der Waals surface area contributed by atoms with E-state index in [1.165, 1.54) is 0 Å². The summed E-state index contributed by atoms with van der Waals surface area (Å²) in [5, 5.41) is 3.72. The zero-order valence-corrected chi connectivity index (χ0v) is 16.8. The molecule has 0 aliphatic carbocycles. The Morgan fingerprint density at radius 2 is 1.75 bits per heavy atom. The molecule has 2 aromatic carbocycles.